The van der Waals surface area contributed by atoms with Crippen molar-refractivity contribution in [3.8, 4) is 0 Å². The fraction of sp³-hybridized carbons (Fsp3) is 0.0556. The van der Waals surface area contributed by atoms with E-state index in [-0.39, 0.29) is 0 Å². The monoisotopic (exact) mass is 478 g/mol. The molecule has 0 amide bonds. The van der Waals surface area contributed by atoms with Gasteiger partial charge in [-0.25, -0.2) is 9.97 Å². The van der Waals surface area contributed by atoms with Crippen molar-refractivity contribution in [1.82, 2.24) is 9.97 Å². The lowest BCUT2D eigenvalue weighted by Gasteiger charge is -2.16. The SMILES string of the molecule is CN(/N=C(/c1ccc(Cl)c(Br)c1)c1ncccn1)c1ccc(Br)cc1. The van der Waals surface area contributed by atoms with Crippen LogP contribution in [0.4, 0.5) is 5.69 Å². The van der Waals surface area contributed by atoms with Crippen LogP contribution in [0.15, 0.2) is 75.0 Å². The molecule has 126 valence electrons. The molecule has 0 N–H and O–H groups in total. The fourth-order valence-corrected chi connectivity index (χ4v) is 2.92. The van der Waals surface area contributed by atoms with Gasteiger partial charge in [0.15, 0.2) is 5.82 Å². The van der Waals surface area contributed by atoms with Gasteiger partial charge in [-0.3, -0.25) is 5.01 Å². The molecule has 7 heteroatoms. The summed E-state index contributed by atoms with van der Waals surface area (Å²) in [7, 11) is 1.89. The Morgan fingerprint density at radius 3 is 2.36 bits per heavy atom. The number of halogens is 3. The van der Waals surface area contributed by atoms with E-state index in [2.05, 4.69) is 41.8 Å². The Morgan fingerprint density at radius 2 is 1.72 bits per heavy atom. The van der Waals surface area contributed by atoms with Gasteiger partial charge in [-0.15, -0.1) is 0 Å². The smallest absolute Gasteiger partial charge is 0.180 e. The third kappa shape index (κ3) is 4.45. The van der Waals surface area contributed by atoms with E-state index in [0.29, 0.717) is 16.6 Å². The van der Waals surface area contributed by atoms with Crippen LogP contribution in [0, 0.1) is 0 Å². The maximum Gasteiger partial charge on any atom is 0.180 e. The van der Waals surface area contributed by atoms with Crippen molar-refractivity contribution in [3.63, 3.8) is 0 Å². The Labute approximate surface area is 167 Å². The first-order valence-electron chi connectivity index (χ1n) is 7.35. The second-order valence-corrected chi connectivity index (χ2v) is 7.33. The van der Waals surface area contributed by atoms with Gasteiger partial charge in [0.2, 0.25) is 0 Å². The zero-order valence-corrected chi connectivity index (χ0v) is 17.1. The van der Waals surface area contributed by atoms with Gasteiger partial charge in [-0.05, 0) is 58.4 Å². The molecule has 4 nitrogen and oxygen atoms in total. The topological polar surface area (TPSA) is 41.4 Å². The average Bonchev–Trinajstić information content (AvgIpc) is 2.63. The lowest BCUT2D eigenvalue weighted by molar-refractivity contribution is 1.00. The van der Waals surface area contributed by atoms with E-state index in [1.54, 1.807) is 23.5 Å². The molecular formula is C18H13Br2ClN4. The highest BCUT2D eigenvalue weighted by Gasteiger charge is 2.13. The predicted molar refractivity (Wildman–Crippen MR) is 109 cm³/mol. The highest BCUT2D eigenvalue weighted by Crippen LogP contribution is 2.25. The van der Waals surface area contributed by atoms with E-state index in [0.717, 1.165) is 20.2 Å². The lowest BCUT2D eigenvalue weighted by atomic mass is 10.1. The van der Waals surface area contributed by atoms with Gasteiger partial charge in [0, 0.05) is 34.0 Å². The van der Waals surface area contributed by atoms with Crippen LogP contribution in [0.25, 0.3) is 0 Å². The van der Waals surface area contributed by atoms with Gasteiger partial charge in [-0.1, -0.05) is 33.6 Å². The van der Waals surface area contributed by atoms with E-state index < -0.39 is 0 Å². The summed E-state index contributed by atoms with van der Waals surface area (Å²) in [5.74, 6) is 0.542. The summed E-state index contributed by atoms with van der Waals surface area (Å²) in [6, 6.07) is 15.3. The second kappa shape index (κ2) is 8.08. The first-order chi connectivity index (χ1) is 12.0. The normalized spacial score (nSPS) is 11.4. The highest BCUT2D eigenvalue weighted by molar-refractivity contribution is 9.10. The summed E-state index contributed by atoms with van der Waals surface area (Å²) in [4.78, 5) is 8.69. The highest BCUT2D eigenvalue weighted by atomic mass is 79.9. The minimum atomic E-state index is 0.542. The van der Waals surface area contributed by atoms with Crippen LogP contribution >= 0.6 is 43.5 Å². The summed E-state index contributed by atoms with van der Waals surface area (Å²) in [5, 5.41) is 7.16. The van der Waals surface area contributed by atoms with Crippen LogP contribution < -0.4 is 5.01 Å². The van der Waals surface area contributed by atoms with Crippen molar-refractivity contribution in [1.29, 1.82) is 0 Å². The maximum absolute atomic E-state index is 6.11. The second-order valence-electron chi connectivity index (χ2n) is 5.15. The van der Waals surface area contributed by atoms with E-state index in [1.807, 2.05) is 49.5 Å². The number of benzene rings is 2. The third-order valence-electron chi connectivity index (χ3n) is 3.42. The largest absolute Gasteiger partial charge is 0.268 e. The molecule has 0 bridgehead atoms. The number of hydrogen-bond acceptors (Lipinski definition) is 4. The van der Waals surface area contributed by atoms with Crippen molar-refractivity contribution in [2.75, 3.05) is 12.1 Å². The van der Waals surface area contributed by atoms with Crippen molar-refractivity contribution >= 4 is 54.9 Å². The first kappa shape index (κ1) is 18.0. The molecule has 0 aliphatic heterocycles. The molecule has 0 unspecified atom stereocenters. The Kier molecular flexibility index (Phi) is 5.83. The van der Waals surface area contributed by atoms with Crippen LogP contribution in [-0.4, -0.2) is 22.7 Å². The number of hydrogen-bond donors (Lipinski definition) is 0. The Hall–Kier alpha value is -1.76. The zero-order valence-electron chi connectivity index (χ0n) is 13.2. The van der Waals surface area contributed by atoms with Crippen molar-refractivity contribution < 1.29 is 0 Å². The van der Waals surface area contributed by atoms with Crippen molar-refractivity contribution in [3.05, 3.63) is 86.3 Å². The summed E-state index contributed by atoms with van der Waals surface area (Å²) in [6.45, 7) is 0. The van der Waals surface area contributed by atoms with Crippen molar-refractivity contribution in [2.45, 2.75) is 0 Å². The molecule has 1 aromatic heterocycles. The zero-order chi connectivity index (χ0) is 17.8. The lowest BCUT2D eigenvalue weighted by Crippen LogP contribution is -2.17. The predicted octanol–water partition coefficient (Wildman–Crippen LogP) is 5.54. The molecule has 1 heterocycles. The molecule has 0 saturated heterocycles. The minimum absolute atomic E-state index is 0.542. The number of hydrazone groups is 1. The number of anilines is 1. The molecule has 25 heavy (non-hydrogen) atoms. The van der Waals surface area contributed by atoms with Gasteiger partial charge in [0.05, 0.1) is 10.7 Å². The van der Waals surface area contributed by atoms with E-state index in [4.69, 9.17) is 16.7 Å². The van der Waals surface area contributed by atoms with Crippen molar-refractivity contribution in [2.24, 2.45) is 5.10 Å². The molecule has 2 aromatic carbocycles. The Bertz CT molecular complexity index is 899. The van der Waals surface area contributed by atoms with Gasteiger partial charge < -0.3 is 0 Å². The summed E-state index contributed by atoms with van der Waals surface area (Å²) in [6.07, 6.45) is 3.39. The Balaban J connectivity index is 2.07. The fourth-order valence-electron chi connectivity index (χ4n) is 2.16. The van der Waals surface area contributed by atoms with E-state index >= 15 is 0 Å². The molecule has 0 saturated carbocycles. The number of rotatable bonds is 4. The van der Waals surface area contributed by atoms with Crippen LogP contribution in [0.5, 0.6) is 0 Å². The number of aromatic nitrogens is 2. The number of nitrogens with zero attached hydrogens (tertiary/aromatic N) is 4. The molecule has 0 fully saturated rings. The van der Waals surface area contributed by atoms with E-state index in [9.17, 15) is 0 Å². The molecule has 0 aliphatic carbocycles. The van der Waals surface area contributed by atoms with E-state index in [1.165, 1.54) is 0 Å². The molecule has 0 spiro atoms. The molecule has 3 rings (SSSR count). The maximum atomic E-state index is 6.11. The van der Waals surface area contributed by atoms with Crippen LogP contribution in [0.3, 0.4) is 0 Å². The van der Waals surface area contributed by atoms with Crippen LogP contribution in [0.2, 0.25) is 5.02 Å². The molecule has 0 radical (unpaired) electrons. The summed E-state index contributed by atoms with van der Waals surface area (Å²) in [5.41, 5.74) is 2.47. The quantitative estimate of drug-likeness (QED) is 0.364. The van der Waals surface area contributed by atoms with Gasteiger partial charge in [-0.2, -0.15) is 5.10 Å². The molecule has 3 aromatic rings. The Morgan fingerprint density at radius 1 is 1.04 bits per heavy atom. The van der Waals surface area contributed by atoms with Gasteiger partial charge in [0.1, 0.15) is 5.71 Å². The molecule has 0 atom stereocenters. The van der Waals surface area contributed by atoms with Gasteiger partial charge >= 0.3 is 0 Å². The minimum Gasteiger partial charge on any atom is -0.268 e. The average molecular weight is 481 g/mol. The van der Waals surface area contributed by atoms with Crippen LogP contribution in [0.1, 0.15) is 11.4 Å². The molecular weight excluding hydrogens is 467 g/mol. The summed E-state index contributed by atoms with van der Waals surface area (Å²) >= 11 is 13.0. The standard InChI is InChI=1S/C18H13Br2ClN4/c1-25(14-6-4-13(19)5-7-14)24-17(18-22-9-2-10-23-18)12-3-8-16(21)15(20)11-12/h2-11H,1H3/b24-17-. The summed E-state index contributed by atoms with van der Waals surface area (Å²) < 4.78 is 1.81. The van der Waals surface area contributed by atoms with Crippen LogP contribution in [-0.2, 0) is 0 Å². The van der Waals surface area contributed by atoms with Gasteiger partial charge in [0.25, 0.3) is 0 Å². The first-order valence-corrected chi connectivity index (χ1v) is 9.32. The molecule has 0 aliphatic rings. The third-order valence-corrected chi connectivity index (χ3v) is 5.16.